The lowest BCUT2D eigenvalue weighted by Gasteiger charge is -2.33. The molecule has 0 spiro atoms. The predicted molar refractivity (Wildman–Crippen MR) is 95.4 cm³/mol. The maximum atomic E-state index is 13.4. The quantitative estimate of drug-likeness (QED) is 0.812. The van der Waals surface area contributed by atoms with Crippen molar-refractivity contribution in [3.8, 4) is 5.75 Å². The maximum absolute atomic E-state index is 13.4. The van der Waals surface area contributed by atoms with Gasteiger partial charge in [0.1, 0.15) is 11.6 Å². The molecule has 3 atom stereocenters. The molecule has 0 radical (unpaired) electrons. The normalized spacial score (nSPS) is 25.6. The minimum Gasteiger partial charge on any atom is -0.493 e. The third-order valence-electron chi connectivity index (χ3n) is 5.44. The highest BCUT2D eigenvalue weighted by Crippen LogP contribution is 2.49. The molecular weight excluding hydrogens is 354 g/mol. The van der Waals surface area contributed by atoms with Crippen LogP contribution in [0.15, 0.2) is 35.5 Å². The smallest absolute Gasteiger partial charge is 0.262 e. The molecule has 0 bridgehead atoms. The van der Waals surface area contributed by atoms with Gasteiger partial charge in [0.05, 0.1) is 19.3 Å². The summed E-state index contributed by atoms with van der Waals surface area (Å²) in [6.45, 7) is 3.19. The Morgan fingerprint density at radius 3 is 2.81 bits per heavy atom. The number of nitrogens with zero attached hydrogens (tertiary/aromatic N) is 3. The highest BCUT2D eigenvalue weighted by molar-refractivity contribution is 7.89. The van der Waals surface area contributed by atoms with E-state index in [1.807, 2.05) is 24.3 Å². The van der Waals surface area contributed by atoms with Crippen molar-refractivity contribution in [1.82, 2.24) is 13.9 Å². The Morgan fingerprint density at radius 1 is 1.35 bits per heavy atom. The SMILES string of the molecule is COC[C@@H]1CN(S(=O)(=O)c2cn(C)c(C)n2)[C@H]2c3ccccc3OC[C@@H]12. The zero-order valence-corrected chi connectivity index (χ0v) is 15.9. The van der Waals surface area contributed by atoms with Gasteiger partial charge in [0, 0.05) is 44.3 Å². The summed E-state index contributed by atoms with van der Waals surface area (Å²) in [6.07, 6.45) is 1.58. The van der Waals surface area contributed by atoms with E-state index < -0.39 is 10.0 Å². The minimum absolute atomic E-state index is 0.0597. The van der Waals surface area contributed by atoms with Crippen LogP contribution in [0.4, 0.5) is 0 Å². The average molecular weight is 377 g/mol. The van der Waals surface area contributed by atoms with E-state index >= 15 is 0 Å². The second-order valence-electron chi connectivity index (χ2n) is 6.98. The number of sulfonamides is 1. The average Bonchev–Trinajstić information content (AvgIpc) is 3.17. The van der Waals surface area contributed by atoms with Gasteiger partial charge in [-0.2, -0.15) is 4.31 Å². The van der Waals surface area contributed by atoms with Gasteiger partial charge in [0.2, 0.25) is 0 Å². The van der Waals surface area contributed by atoms with Gasteiger partial charge in [-0.1, -0.05) is 18.2 Å². The van der Waals surface area contributed by atoms with Crippen LogP contribution in [0.25, 0.3) is 0 Å². The number of methoxy groups -OCH3 is 1. The van der Waals surface area contributed by atoms with E-state index in [4.69, 9.17) is 9.47 Å². The first kappa shape index (κ1) is 17.5. The number of aryl methyl sites for hydroxylation is 2. The molecule has 1 aromatic heterocycles. The molecule has 4 rings (SSSR count). The molecule has 8 heteroatoms. The Bertz CT molecular complexity index is 905. The van der Waals surface area contributed by atoms with E-state index in [1.165, 1.54) is 0 Å². The van der Waals surface area contributed by atoms with Crippen LogP contribution in [-0.4, -0.2) is 49.1 Å². The van der Waals surface area contributed by atoms with Crippen molar-refractivity contribution < 1.29 is 17.9 Å². The minimum atomic E-state index is -3.71. The Kier molecular flexibility index (Phi) is 4.29. The van der Waals surface area contributed by atoms with Crippen molar-refractivity contribution >= 4 is 10.0 Å². The first-order chi connectivity index (χ1) is 12.4. The van der Waals surface area contributed by atoms with Crippen LogP contribution >= 0.6 is 0 Å². The van der Waals surface area contributed by atoms with Gasteiger partial charge in [-0.25, -0.2) is 13.4 Å². The fourth-order valence-corrected chi connectivity index (χ4v) is 5.75. The van der Waals surface area contributed by atoms with Crippen molar-refractivity contribution in [3.05, 3.63) is 41.9 Å². The second kappa shape index (κ2) is 6.37. The highest BCUT2D eigenvalue weighted by Gasteiger charge is 2.51. The number of benzene rings is 1. The first-order valence-electron chi connectivity index (χ1n) is 8.66. The van der Waals surface area contributed by atoms with Gasteiger partial charge in [0.15, 0.2) is 5.03 Å². The Labute approximate surface area is 153 Å². The van der Waals surface area contributed by atoms with Crippen molar-refractivity contribution in [2.45, 2.75) is 18.0 Å². The summed E-state index contributed by atoms with van der Waals surface area (Å²) in [5.41, 5.74) is 0.915. The lowest BCUT2D eigenvalue weighted by atomic mass is 9.86. The molecular formula is C18H23N3O4S. The molecule has 0 amide bonds. The standard InChI is InChI=1S/C18H23N3O4S/c1-12-19-17(9-20(12)2)26(22,23)21-8-13(10-24-3)15-11-25-16-7-5-4-6-14(16)18(15)21/h4-7,9,13,15,18H,8,10-11H2,1-3H3/t13-,15-,18-/m0/s1. The molecule has 2 aromatic rings. The molecule has 140 valence electrons. The molecule has 1 fully saturated rings. The number of ether oxygens (including phenoxy) is 2. The van der Waals surface area contributed by atoms with Gasteiger partial charge in [0.25, 0.3) is 10.0 Å². The van der Waals surface area contributed by atoms with Crippen molar-refractivity contribution in [1.29, 1.82) is 0 Å². The monoisotopic (exact) mass is 377 g/mol. The van der Waals surface area contributed by atoms with Crippen LogP contribution in [0, 0.1) is 18.8 Å². The number of fused-ring (bicyclic) bond motifs is 3. The van der Waals surface area contributed by atoms with Crippen molar-refractivity contribution in [2.24, 2.45) is 18.9 Å². The number of aromatic nitrogens is 2. The van der Waals surface area contributed by atoms with Crippen molar-refractivity contribution in [3.63, 3.8) is 0 Å². The molecule has 0 aliphatic carbocycles. The Morgan fingerprint density at radius 2 is 2.12 bits per heavy atom. The second-order valence-corrected chi connectivity index (χ2v) is 8.82. The summed E-state index contributed by atoms with van der Waals surface area (Å²) < 4.78 is 41.3. The fraction of sp³-hybridized carbons (Fsp3) is 0.500. The Balaban J connectivity index is 1.80. The van der Waals surface area contributed by atoms with Crippen LogP contribution in [-0.2, 0) is 21.8 Å². The number of hydrogen-bond donors (Lipinski definition) is 0. The van der Waals surface area contributed by atoms with Crippen LogP contribution < -0.4 is 4.74 Å². The van der Waals surface area contributed by atoms with E-state index in [9.17, 15) is 8.42 Å². The predicted octanol–water partition coefficient (Wildman–Crippen LogP) is 1.75. The number of para-hydroxylation sites is 1. The van der Waals surface area contributed by atoms with Crippen LogP contribution in [0.5, 0.6) is 5.75 Å². The van der Waals surface area contributed by atoms with Crippen LogP contribution in [0.2, 0.25) is 0 Å². The summed E-state index contributed by atoms with van der Waals surface area (Å²) in [5.74, 6) is 1.56. The van der Waals surface area contributed by atoms with Crippen LogP contribution in [0.1, 0.15) is 17.4 Å². The van der Waals surface area contributed by atoms with E-state index in [0.29, 0.717) is 25.6 Å². The topological polar surface area (TPSA) is 73.7 Å². The van der Waals surface area contributed by atoms with E-state index in [0.717, 1.165) is 11.3 Å². The molecule has 3 heterocycles. The molecule has 0 N–H and O–H groups in total. The number of rotatable bonds is 4. The fourth-order valence-electron chi connectivity index (χ4n) is 4.02. The maximum Gasteiger partial charge on any atom is 0.262 e. The summed E-state index contributed by atoms with van der Waals surface area (Å²) in [4.78, 5) is 4.26. The van der Waals surface area contributed by atoms with Crippen LogP contribution in [0.3, 0.4) is 0 Å². The number of imidazole rings is 1. The third kappa shape index (κ3) is 2.64. The molecule has 26 heavy (non-hydrogen) atoms. The lowest BCUT2D eigenvalue weighted by molar-refractivity contribution is 0.102. The lowest BCUT2D eigenvalue weighted by Crippen LogP contribution is -2.35. The van der Waals surface area contributed by atoms with Crippen molar-refractivity contribution in [2.75, 3.05) is 26.9 Å². The van der Waals surface area contributed by atoms with E-state index in [-0.39, 0.29) is 22.9 Å². The first-order valence-corrected chi connectivity index (χ1v) is 10.1. The van der Waals surface area contributed by atoms with Gasteiger partial charge < -0.3 is 14.0 Å². The molecule has 2 aliphatic heterocycles. The largest absolute Gasteiger partial charge is 0.493 e. The molecule has 2 aliphatic rings. The highest BCUT2D eigenvalue weighted by atomic mass is 32.2. The zero-order valence-electron chi connectivity index (χ0n) is 15.1. The molecule has 0 saturated carbocycles. The third-order valence-corrected chi connectivity index (χ3v) is 7.16. The van der Waals surface area contributed by atoms with Gasteiger partial charge in [-0.15, -0.1) is 0 Å². The summed E-state index contributed by atoms with van der Waals surface area (Å²) >= 11 is 0. The summed E-state index contributed by atoms with van der Waals surface area (Å²) in [6, 6.07) is 7.41. The molecule has 1 saturated heterocycles. The van der Waals surface area contributed by atoms with Gasteiger partial charge in [-0.05, 0) is 13.0 Å². The van der Waals surface area contributed by atoms with Gasteiger partial charge in [-0.3, -0.25) is 0 Å². The molecule has 1 aromatic carbocycles. The summed E-state index contributed by atoms with van der Waals surface area (Å²) in [7, 11) is -0.272. The molecule has 7 nitrogen and oxygen atoms in total. The van der Waals surface area contributed by atoms with E-state index in [2.05, 4.69) is 4.98 Å². The zero-order chi connectivity index (χ0) is 18.5. The Hall–Kier alpha value is -1.90. The number of hydrogen-bond acceptors (Lipinski definition) is 5. The summed E-state index contributed by atoms with van der Waals surface area (Å²) in [5, 5.41) is 0.0956. The van der Waals surface area contributed by atoms with Gasteiger partial charge >= 0.3 is 0 Å². The van der Waals surface area contributed by atoms with E-state index in [1.54, 1.807) is 36.2 Å². The molecule has 0 unspecified atom stereocenters.